The lowest BCUT2D eigenvalue weighted by Crippen LogP contribution is -1.99. The van der Waals surface area contributed by atoms with Gasteiger partial charge in [0.05, 0.1) is 25.6 Å². The maximum absolute atomic E-state index is 9.09. The number of hydrogen-bond donors (Lipinski definition) is 1. The maximum Gasteiger partial charge on any atom is 0.119 e. The molecule has 4 heteroatoms. The molecule has 84 valence electrons. The van der Waals surface area contributed by atoms with E-state index in [0.717, 1.165) is 22.7 Å². The fraction of sp³-hybridized carbons (Fsp3) is 0.250. The van der Waals surface area contributed by atoms with Crippen LogP contribution in [0.3, 0.4) is 0 Å². The second kappa shape index (κ2) is 4.37. The van der Waals surface area contributed by atoms with Crippen molar-refractivity contribution in [2.24, 2.45) is 0 Å². The Balaban J connectivity index is 2.38. The maximum atomic E-state index is 9.09. The summed E-state index contributed by atoms with van der Waals surface area (Å²) < 4.78 is 6.89. The third-order valence-electron chi connectivity index (χ3n) is 2.60. The van der Waals surface area contributed by atoms with Crippen molar-refractivity contribution in [3.8, 4) is 11.4 Å². The third-order valence-corrected chi connectivity index (χ3v) is 2.60. The zero-order valence-electron chi connectivity index (χ0n) is 9.34. The SMILES string of the molecule is COc1ccc(-n2ncc(CO)c2C)cc1. The fourth-order valence-corrected chi connectivity index (χ4v) is 1.58. The van der Waals surface area contributed by atoms with Crippen molar-refractivity contribution < 1.29 is 9.84 Å². The predicted molar refractivity (Wildman–Crippen MR) is 60.8 cm³/mol. The van der Waals surface area contributed by atoms with E-state index in [2.05, 4.69) is 5.10 Å². The number of aliphatic hydroxyl groups is 1. The van der Waals surface area contributed by atoms with Crippen LogP contribution in [-0.4, -0.2) is 22.0 Å². The molecule has 1 heterocycles. The van der Waals surface area contributed by atoms with Crippen molar-refractivity contribution in [3.05, 3.63) is 41.7 Å². The molecular weight excluding hydrogens is 204 g/mol. The molecule has 1 N–H and O–H groups in total. The minimum absolute atomic E-state index is 0.0159. The second-order valence-electron chi connectivity index (χ2n) is 3.52. The van der Waals surface area contributed by atoms with Crippen molar-refractivity contribution in [1.82, 2.24) is 9.78 Å². The zero-order chi connectivity index (χ0) is 11.5. The van der Waals surface area contributed by atoms with Crippen LogP contribution in [0, 0.1) is 6.92 Å². The smallest absolute Gasteiger partial charge is 0.119 e. The molecule has 0 fully saturated rings. The summed E-state index contributed by atoms with van der Waals surface area (Å²) in [6.45, 7) is 1.95. The highest BCUT2D eigenvalue weighted by atomic mass is 16.5. The predicted octanol–water partition coefficient (Wildman–Crippen LogP) is 1.68. The van der Waals surface area contributed by atoms with Crippen LogP contribution < -0.4 is 4.74 Å². The summed E-state index contributed by atoms with van der Waals surface area (Å²) in [5.74, 6) is 0.816. The molecule has 0 aliphatic rings. The van der Waals surface area contributed by atoms with Gasteiger partial charge in [0.15, 0.2) is 0 Å². The van der Waals surface area contributed by atoms with Crippen molar-refractivity contribution in [3.63, 3.8) is 0 Å². The van der Waals surface area contributed by atoms with Gasteiger partial charge in [0.1, 0.15) is 5.75 Å². The highest BCUT2D eigenvalue weighted by molar-refractivity contribution is 5.38. The molecular formula is C12H14N2O2. The first-order chi connectivity index (χ1) is 7.76. The Morgan fingerprint density at radius 1 is 1.31 bits per heavy atom. The molecule has 1 aromatic carbocycles. The van der Waals surface area contributed by atoms with E-state index in [4.69, 9.17) is 9.84 Å². The van der Waals surface area contributed by atoms with E-state index < -0.39 is 0 Å². The largest absolute Gasteiger partial charge is 0.497 e. The highest BCUT2D eigenvalue weighted by Crippen LogP contribution is 2.17. The van der Waals surface area contributed by atoms with Crippen LogP contribution in [0.25, 0.3) is 5.69 Å². The quantitative estimate of drug-likeness (QED) is 0.852. The summed E-state index contributed by atoms with van der Waals surface area (Å²) >= 11 is 0. The Bertz CT molecular complexity index is 474. The van der Waals surface area contributed by atoms with E-state index in [1.165, 1.54) is 0 Å². The lowest BCUT2D eigenvalue weighted by atomic mass is 10.2. The van der Waals surface area contributed by atoms with E-state index in [9.17, 15) is 0 Å². The normalized spacial score (nSPS) is 10.4. The standard InChI is InChI=1S/C12H14N2O2/c1-9-10(8-15)7-13-14(9)11-3-5-12(16-2)6-4-11/h3-7,15H,8H2,1-2H3. The van der Waals surface area contributed by atoms with Crippen LogP contribution in [0.4, 0.5) is 0 Å². The van der Waals surface area contributed by atoms with Crippen molar-refractivity contribution >= 4 is 0 Å². The topological polar surface area (TPSA) is 47.3 Å². The van der Waals surface area contributed by atoms with Gasteiger partial charge in [-0.3, -0.25) is 0 Å². The number of methoxy groups -OCH3 is 1. The first kappa shape index (κ1) is 10.7. The van der Waals surface area contributed by atoms with E-state index in [0.29, 0.717) is 0 Å². The average molecular weight is 218 g/mol. The number of ether oxygens (including phenoxy) is 1. The second-order valence-corrected chi connectivity index (χ2v) is 3.52. The minimum atomic E-state index is 0.0159. The van der Waals surface area contributed by atoms with Gasteiger partial charge in [-0.15, -0.1) is 0 Å². The molecule has 16 heavy (non-hydrogen) atoms. The van der Waals surface area contributed by atoms with Crippen molar-refractivity contribution in [2.75, 3.05) is 7.11 Å². The summed E-state index contributed by atoms with van der Waals surface area (Å²) in [6, 6.07) is 7.63. The van der Waals surface area contributed by atoms with Gasteiger partial charge in [-0.1, -0.05) is 0 Å². The molecule has 2 rings (SSSR count). The van der Waals surface area contributed by atoms with Gasteiger partial charge in [0.2, 0.25) is 0 Å². The first-order valence-electron chi connectivity index (χ1n) is 5.05. The molecule has 2 aromatic rings. The molecule has 0 amide bonds. The number of nitrogens with zero attached hydrogens (tertiary/aromatic N) is 2. The molecule has 0 spiro atoms. The molecule has 0 aliphatic heterocycles. The number of rotatable bonds is 3. The fourth-order valence-electron chi connectivity index (χ4n) is 1.58. The van der Waals surface area contributed by atoms with E-state index in [1.54, 1.807) is 18.0 Å². The molecule has 4 nitrogen and oxygen atoms in total. The van der Waals surface area contributed by atoms with Gasteiger partial charge in [0, 0.05) is 11.3 Å². The van der Waals surface area contributed by atoms with Crippen LogP contribution in [0.5, 0.6) is 5.75 Å². The van der Waals surface area contributed by atoms with Gasteiger partial charge in [-0.2, -0.15) is 5.10 Å². The number of aromatic nitrogens is 2. The van der Waals surface area contributed by atoms with Crippen LogP contribution >= 0.6 is 0 Å². The van der Waals surface area contributed by atoms with E-state index in [-0.39, 0.29) is 6.61 Å². The number of benzene rings is 1. The average Bonchev–Trinajstić information content (AvgIpc) is 2.70. The Kier molecular flexibility index (Phi) is 2.92. The summed E-state index contributed by atoms with van der Waals surface area (Å²) in [7, 11) is 1.64. The molecule has 0 saturated heterocycles. The summed E-state index contributed by atoms with van der Waals surface area (Å²) in [6.07, 6.45) is 1.68. The summed E-state index contributed by atoms with van der Waals surface area (Å²) in [4.78, 5) is 0. The molecule has 0 bridgehead atoms. The Labute approximate surface area is 94.1 Å². The highest BCUT2D eigenvalue weighted by Gasteiger charge is 2.06. The number of hydrogen-bond acceptors (Lipinski definition) is 3. The zero-order valence-corrected chi connectivity index (χ0v) is 9.34. The van der Waals surface area contributed by atoms with E-state index >= 15 is 0 Å². The molecule has 0 saturated carbocycles. The Morgan fingerprint density at radius 2 is 2.00 bits per heavy atom. The third kappa shape index (κ3) is 1.79. The van der Waals surface area contributed by atoms with Gasteiger partial charge in [-0.25, -0.2) is 4.68 Å². The van der Waals surface area contributed by atoms with Gasteiger partial charge in [0.25, 0.3) is 0 Å². The van der Waals surface area contributed by atoms with E-state index in [1.807, 2.05) is 31.2 Å². The van der Waals surface area contributed by atoms with Gasteiger partial charge in [-0.05, 0) is 31.2 Å². The van der Waals surface area contributed by atoms with Crippen molar-refractivity contribution in [2.45, 2.75) is 13.5 Å². The lowest BCUT2D eigenvalue weighted by molar-refractivity contribution is 0.281. The van der Waals surface area contributed by atoms with Gasteiger partial charge < -0.3 is 9.84 Å². The van der Waals surface area contributed by atoms with Crippen molar-refractivity contribution in [1.29, 1.82) is 0 Å². The van der Waals surface area contributed by atoms with Gasteiger partial charge >= 0.3 is 0 Å². The monoisotopic (exact) mass is 218 g/mol. The molecule has 0 aliphatic carbocycles. The van der Waals surface area contributed by atoms with Crippen LogP contribution in [0.15, 0.2) is 30.5 Å². The molecule has 0 atom stereocenters. The number of aliphatic hydroxyl groups excluding tert-OH is 1. The van der Waals surface area contributed by atoms with Crippen LogP contribution in [0.1, 0.15) is 11.3 Å². The molecule has 0 unspecified atom stereocenters. The van der Waals surface area contributed by atoms with Crippen LogP contribution in [0.2, 0.25) is 0 Å². The molecule has 1 aromatic heterocycles. The summed E-state index contributed by atoms with van der Waals surface area (Å²) in [5.41, 5.74) is 2.75. The lowest BCUT2D eigenvalue weighted by Gasteiger charge is -2.06. The van der Waals surface area contributed by atoms with Crippen LogP contribution in [-0.2, 0) is 6.61 Å². The Morgan fingerprint density at radius 3 is 2.50 bits per heavy atom. The summed E-state index contributed by atoms with van der Waals surface area (Å²) in [5, 5.41) is 13.3. The first-order valence-corrected chi connectivity index (χ1v) is 5.05. The Hall–Kier alpha value is -1.81. The molecule has 0 radical (unpaired) electrons. The minimum Gasteiger partial charge on any atom is -0.497 e.